The molecule has 5 nitrogen and oxygen atoms in total. The summed E-state index contributed by atoms with van der Waals surface area (Å²) in [5.41, 5.74) is 0.672. The average molecular weight is 317 g/mol. The first-order valence-electron chi connectivity index (χ1n) is 4.60. The van der Waals surface area contributed by atoms with Gasteiger partial charge in [-0.2, -0.15) is 5.10 Å². The smallest absolute Gasteiger partial charge is 0.339 e. The van der Waals surface area contributed by atoms with E-state index in [4.69, 9.17) is 16.7 Å². The summed E-state index contributed by atoms with van der Waals surface area (Å²) in [6, 6.07) is 1.47. The molecule has 0 saturated carbocycles. The molecule has 0 amide bonds. The van der Waals surface area contributed by atoms with Crippen LogP contribution in [0.5, 0.6) is 0 Å². The third-order valence-corrected chi connectivity index (χ3v) is 2.92. The number of hydrogen-bond acceptors (Lipinski definition) is 3. The maximum absolute atomic E-state index is 11.1. The zero-order valence-corrected chi connectivity index (χ0v) is 11.0. The number of halogens is 2. The van der Waals surface area contributed by atoms with Gasteiger partial charge in [0.15, 0.2) is 5.82 Å². The normalized spacial score (nSPS) is 10.5. The van der Waals surface area contributed by atoms with Crippen LogP contribution in [0.3, 0.4) is 0 Å². The Labute approximate surface area is 110 Å². The van der Waals surface area contributed by atoms with Crippen molar-refractivity contribution in [1.29, 1.82) is 0 Å². The van der Waals surface area contributed by atoms with Crippen molar-refractivity contribution in [3.05, 3.63) is 39.2 Å². The Morgan fingerprint density at radius 1 is 1.59 bits per heavy atom. The fourth-order valence-electron chi connectivity index (χ4n) is 1.32. The van der Waals surface area contributed by atoms with Crippen molar-refractivity contribution in [3.8, 4) is 5.82 Å². The number of carboxylic acid groups (broad SMARTS) is 1. The number of aromatic nitrogens is 3. The topological polar surface area (TPSA) is 68.0 Å². The molecule has 7 heteroatoms. The van der Waals surface area contributed by atoms with Gasteiger partial charge in [-0.15, -0.1) is 0 Å². The van der Waals surface area contributed by atoms with Crippen LogP contribution in [0.1, 0.15) is 16.1 Å². The standard InChI is InChI=1S/C10H7BrClN3O2/c1-5-8(12)4-15(14-5)9-7(10(16)17)2-6(11)3-13-9/h2-4H,1H3,(H,16,17). The van der Waals surface area contributed by atoms with Crippen molar-refractivity contribution in [1.82, 2.24) is 14.8 Å². The van der Waals surface area contributed by atoms with Crippen LogP contribution < -0.4 is 0 Å². The average Bonchev–Trinajstić information content (AvgIpc) is 2.59. The van der Waals surface area contributed by atoms with Crippen LogP contribution in [0.25, 0.3) is 5.82 Å². The van der Waals surface area contributed by atoms with E-state index in [1.807, 2.05) is 0 Å². The summed E-state index contributed by atoms with van der Waals surface area (Å²) in [6.45, 7) is 1.73. The van der Waals surface area contributed by atoms with E-state index in [9.17, 15) is 4.79 Å². The van der Waals surface area contributed by atoms with Crippen LogP contribution in [0.4, 0.5) is 0 Å². The first-order chi connectivity index (χ1) is 7.99. The van der Waals surface area contributed by atoms with Gasteiger partial charge in [0.25, 0.3) is 0 Å². The van der Waals surface area contributed by atoms with Crippen LogP contribution >= 0.6 is 27.5 Å². The van der Waals surface area contributed by atoms with E-state index in [1.54, 1.807) is 6.92 Å². The van der Waals surface area contributed by atoms with Crippen molar-refractivity contribution in [2.75, 3.05) is 0 Å². The summed E-state index contributed by atoms with van der Waals surface area (Å²) in [4.78, 5) is 15.1. The highest BCUT2D eigenvalue weighted by Gasteiger charge is 2.15. The zero-order chi connectivity index (χ0) is 12.6. The summed E-state index contributed by atoms with van der Waals surface area (Å²) in [6.07, 6.45) is 3.03. The third kappa shape index (κ3) is 2.32. The number of nitrogens with zero attached hydrogens (tertiary/aromatic N) is 3. The highest BCUT2D eigenvalue weighted by atomic mass is 79.9. The molecule has 0 spiro atoms. The molecule has 0 atom stereocenters. The molecule has 0 saturated heterocycles. The molecule has 1 N–H and O–H groups in total. The second-order valence-corrected chi connectivity index (χ2v) is 4.66. The fourth-order valence-corrected chi connectivity index (χ4v) is 1.78. The molecule has 0 unspecified atom stereocenters. The summed E-state index contributed by atoms with van der Waals surface area (Å²) in [7, 11) is 0. The van der Waals surface area contributed by atoms with Crippen LogP contribution in [0.15, 0.2) is 22.9 Å². The predicted octanol–water partition coefficient (Wildman–Crippen LogP) is 2.69. The summed E-state index contributed by atoms with van der Waals surface area (Å²) >= 11 is 9.05. The van der Waals surface area contributed by atoms with E-state index in [2.05, 4.69) is 26.0 Å². The lowest BCUT2D eigenvalue weighted by molar-refractivity contribution is 0.0696. The molecule has 0 aromatic carbocycles. The molecule has 88 valence electrons. The summed E-state index contributed by atoms with van der Waals surface area (Å²) in [5, 5.41) is 13.7. The van der Waals surface area contributed by atoms with Gasteiger partial charge in [0, 0.05) is 10.7 Å². The van der Waals surface area contributed by atoms with Gasteiger partial charge >= 0.3 is 5.97 Å². The molecule has 0 aliphatic heterocycles. The van der Waals surface area contributed by atoms with Crippen LogP contribution in [-0.4, -0.2) is 25.8 Å². The van der Waals surface area contributed by atoms with Crippen LogP contribution in [0, 0.1) is 6.92 Å². The SMILES string of the molecule is Cc1nn(-c2ncc(Br)cc2C(=O)O)cc1Cl. The first kappa shape index (κ1) is 12.1. The Balaban J connectivity index is 2.62. The minimum Gasteiger partial charge on any atom is -0.478 e. The Bertz CT molecular complexity index is 578. The van der Waals surface area contributed by atoms with Gasteiger partial charge in [0.1, 0.15) is 5.56 Å². The van der Waals surface area contributed by atoms with Crippen LogP contribution in [0.2, 0.25) is 5.02 Å². The minimum absolute atomic E-state index is 0.0542. The maximum atomic E-state index is 11.1. The Kier molecular flexibility index (Phi) is 3.17. The Hall–Kier alpha value is -1.40. The molecule has 2 rings (SSSR count). The molecular formula is C10H7BrClN3O2. The molecule has 0 bridgehead atoms. The second kappa shape index (κ2) is 4.46. The molecule has 0 aliphatic carbocycles. The van der Waals surface area contributed by atoms with E-state index < -0.39 is 5.97 Å². The zero-order valence-electron chi connectivity index (χ0n) is 8.69. The van der Waals surface area contributed by atoms with Crippen molar-refractivity contribution in [2.24, 2.45) is 0 Å². The summed E-state index contributed by atoms with van der Waals surface area (Å²) in [5.74, 6) is -0.839. The first-order valence-corrected chi connectivity index (χ1v) is 5.77. The van der Waals surface area contributed by atoms with Crippen molar-refractivity contribution >= 4 is 33.5 Å². The van der Waals surface area contributed by atoms with Gasteiger partial charge < -0.3 is 5.11 Å². The van der Waals surface area contributed by atoms with Crippen molar-refractivity contribution in [3.63, 3.8) is 0 Å². The van der Waals surface area contributed by atoms with Crippen LogP contribution in [-0.2, 0) is 0 Å². The van der Waals surface area contributed by atoms with Crippen molar-refractivity contribution < 1.29 is 9.90 Å². The minimum atomic E-state index is -1.07. The number of rotatable bonds is 2. The third-order valence-electron chi connectivity index (χ3n) is 2.12. The number of hydrogen-bond donors (Lipinski definition) is 1. The monoisotopic (exact) mass is 315 g/mol. The highest BCUT2D eigenvalue weighted by molar-refractivity contribution is 9.10. The summed E-state index contributed by atoms with van der Waals surface area (Å²) < 4.78 is 1.95. The second-order valence-electron chi connectivity index (χ2n) is 3.34. The van der Waals surface area contributed by atoms with Gasteiger partial charge in [-0.3, -0.25) is 0 Å². The van der Waals surface area contributed by atoms with Gasteiger partial charge in [-0.05, 0) is 28.9 Å². The molecule has 2 heterocycles. The van der Waals surface area contributed by atoms with Gasteiger partial charge in [-0.25, -0.2) is 14.5 Å². The lowest BCUT2D eigenvalue weighted by Gasteiger charge is -2.04. The van der Waals surface area contributed by atoms with Gasteiger partial charge in [-0.1, -0.05) is 11.6 Å². The van der Waals surface area contributed by atoms with E-state index in [-0.39, 0.29) is 11.4 Å². The highest BCUT2D eigenvalue weighted by Crippen LogP contribution is 2.20. The molecule has 0 fully saturated rings. The number of aromatic carboxylic acids is 1. The number of carboxylic acids is 1. The Morgan fingerprint density at radius 2 is 2.29 bits per heavy atom. The van der Waals surface area contributed by atoms with E-state index in [1.165, 1.54) is 23.1 Å². The molecular weight excluding hydrogens is 309 g/mol. The number of pyridine rings is 1. The van der Waals surface area contributed by atoms with E-state index >= 15 is 0 Å². The van der Waals surface area contributed by atoms with Crippen molar-refractivity contribution in [2.45, 2.75) is 6.92 Å². The Morgan fingerprint density at radius 3 is 2.82 bits per heavy atom. The quantitative estimate of drug-likeness (QED) is 0.925. The van der Waals surface area contributed by atoms with E-state index in [0.717, 1.165) is 0 Å². The predicted molar refractivity (Wildman–Crippen MR) is 65.8 cm³/mol. The van der Waals surface area contributed by atoms with Gasteiger partial charge in [0.05, 0.1) is 16.9 Å². The van der Waals surface area contributed by atoms with Gasteiger partial charge in [0.2, 0.25) is 0 Å². The molecule has 2 aromatic heterocycles. The lowest BCUT2D eigenvalue weighted by Crippen LogP contribution is -2.08. The molecule has 17 heavy (non-hydrogen) atoms. The lowest BCUT2D eigenvalue weighted by atomic mass is 10.2. The molecule has 0 radical (unpaired) electrons. The molecule has 2 aromatic rings. The maximum Gasteiger partial charge on any atom is 0.339 e. The largest absolute Gasteiger partial charge is 0.478 e. The fraction of sp³-hybridized carbons (Fsp3) is 0.100. The number of carbonyl (C=O) groups is 1. The number of aryl methyl sites for hydroxylation is 1. The molecule has 0 aliphatic rings. The van der Waals surface area contributed by atoms with E-state index in [0.29, 0.717) is 15.2 Å².